The van der Waals surface area contributed by atoms with E-state index in [4.69, 9.17) is 0 Å². The summed E-state index contributed by atoms with van der Waals surface area (Å²) in [5.41, 5.74) is 3.66. The molecule has 3 nitrogen and oxygen atoms in total. The summed E-state index contributed by atoms with van der Waals surface area (Å²) < 4.78 is 0. The van der Waals surface area contributed by atoms with Crippen molar-refractivity contribution < 1.29 is 0 Å². The van der Waals surface area contributed by atoms with Crippen molar-refractivity contribution in [2.24, 2.45) is 0 Å². The van der Waals surface area contributed by atoms with E-state index in [1.807, 2.05) is 12.3 Å². The SMILES string of the molecule is c1csc(-c2[nH]c3ncccc3c2CN2CCCC2)c1. The molecule has 3 aromatic heterocycles. The number of likely N-dealkylation sites (tertiary alicyclic amines) is 1. The van der Waals surface area contributed by atoms with Gasteiger partial charge in [-0.1, -0.05) is 6.07 Å². The van der Waals surface area contributed by atoms with Crippen LogP contribution in [0.5, 0.6) is 0 Å². The molecule has 4 heteroatoms. The van der Waals surface area contributed by atoms with Crippen LogP contribution in [0.2, 0.25) is 0 Å². The van der Waals surface area contributed by atoms with Gasteiger partial charge in [-0.25, -0.2) is 4.98 Å². The summed E-state index contributed by atoms with van der Waals surface area (Å²) in [6.45, 7) is 3.46. The number of fused-ring (bicyclic) bond motifs is 1. The molecule has 20 heavy (non-hydrogen) atoms. The molecule has 1 N–H and O–H groups in total. The summed E-state index contributed by atoms with van der Waals surface area (Å²) in [6.07, 6.45) is 4.51. The number of thiophene rings is 1. The van der Waals surface area contributed by atoms with Gasteiger partial charge in [0.15, 0.2) is 0 Å². The van der Waals surface area contributed by atoms with Crippen molar-refractivity contribution in [3.05, 3.63) is 41.4 Å². The fourth-order valence-corrected chi connectivity index (χ4v) is 3.79. The Bertz CT molecular complexity index is 708. The van der Waals surface area contributed by atoms with Crippen molar-refractivity contribution in [1.82, 2.24) is 14.9 Å². The van der Waals surface area contributed by atoms with Crippen LogP contribution >= 0.6 is 11.3 Å². The summed E-state index contributed by atoms with van der Waals surface area (Å²) in [5.74, 6) is 0. The molecule has 4 heterocycles. The summed E-state index contributed by atoms with van der Waals surface area (Å²) in [6, 6.07) is 8.50. The first kappa shape index (κ1) is 12.1. The highest BCUT2D eigenvalue weighted by atomic mass is 32.1. The topological polar surface area (TPSA) is 31.9 Å². The molecule has 0 atom stereocenters. The summed E-state index contributed by atoms with van der Waals surface area (Å²) in [5, 5.41) is 3.40. The van der Waals surface area contributed by atoms with E-state index in [9.17, 15) is 0 Å². The Morgan fingerprint density at radius 3 is 2.90 bits per heavy atom. The van der Waals surface area contributed by atoms with Crippen LogP contribution in [0.1, 0.15) is 18.4 Å². The molecule has 1 aliphatic rings. The first-order valence-electron chi connectivity index (χ1n) is 7.13. The highest BCUT2D eigenvalue weighted by Crippen LogP contribution is 2.33. The van der Waals surface area contributed by atoms with Crippen LogP contribution in [0.15, 0.2) is 35.8 Å². The molecule has 1 fully saturated rings. The Balaban J connectivity index is 1.84. The number of rotatable bonds is 3. The molecular formula is C16H17N3S. The third kappa shape index (κ3) is 2.05. The summed E-state index contributed by atoms with van der Waals surface area (Å²) >= 11 is 1.79. The number of nitrogens with zero attached hydrogens (tertiary/aromatic N) is 2. The minimum atomic E-state index is 1.00. The predicted octanol–water partition coefficient (Wildman–Crippen LogP) is 3.89. The Kier molecular flexibility index (Phi) is 3.05. The van der Waals surface area contributed by atoms with E-state index in [-0.39, 0.29) is 0 Å². The lowest BCUT2D eigenvalue weighted by molar-refractivity contribution is 0.333. The van der Waals surface area contributed by atoms with E-state index in [0.717, 1.165) is 12.2 Å². The molecule has 0 unspecified atom stereocenters. The maximum atomic E-state index is 4.48. The van der Waals surface area contributed by atoms with Crippen LogP contribution in [0.3, 0.4) is 0 Å². The van der Waals surface area contributed by atoms with E-state index in [2.05, 4.69) is 38.4 Å². The number of H-pyrrole nitrogens is 1. The van der Waals surface area contributed by atoms with E-state index >= 15 is 0 Å². The third-order valence-corrected chi connectivity index (χ3v) is 4.91. The van der Waals surface area contributed by atoms with Crippen molar-refractivity contribution in [2.75, 3.05) is 13.1 Å². The van der Waals surface area contributed by atoms with Gasteiger partial charge in [0, 0.05) is 23.7 Å². The Labute approximate surface area is 122 Å². The van der Waals surface area contributed by atoms with Gasteiger partial charge in [0.05, 0.1) is 10.6 Å². The number of pyridine rings is 1. The highest BCUT2D eigenvalue weighted by Gasteiger charge is 2.19. The molecule has 3 aromatic rings. The Hall–Kier alpha value is -1.65. The zero-order valence-electron chi connectivity index (χ0n) is 11.3. The summed E-state index contributed by atoms with van der Waals surface area (Å²) in [4.78, 5) is 11.8. The molecule has 0 radical (unpaired) electrons. The highest BCUT2D eigenvalue weighted by molar-refractivity contribution is 7.13. The van der Waals surface area contributed by atoms with Crippen LogP contribution in [-0.2, 0) is 6.54 Å². The number of aromatic amines is 1. The van der Waals surface area contributed by atoms with E-state index in [1.54, 1.807) is 11.3 Å². The van der Waals surface area contributed by atoms with Crippen molar-refractivity contribution >= 4 is 22.4 Å². The lowest BCUT2D eigenvalue weighted by atomic mass is 10.1. The van der Waals surface area contributed by atoms with Crippen LogP contribution in [-0.4, -0.2) is 28.0 Å². The van der Waals surface area contributed by atoms with Crippen LogP contribution in [0, 0.1) is 0 Å². The van der Waals surface area contributed by atoms with E-state index in [0.29, 0.717) is 0 Å². The maximum absolute atomic E-state index is 4.48. The van der Waals surface area contributed by atoms with E-state index < -0.39 is 0 Å². The van der Waals surface area contributed by atoms with Crippen molar-refractivity contribution in [3.63, 3.8) is 0 Å². The molecule has 0 amide bonds. The largest absolute Gasteiger partial charge is 0.338 e. The van der Waals surface area contributed by atoms with Gasteiger partial charge in [0.25, 0.3) is 0 Å². The van der Waals surface area contributed by atoms with Crippen LogP contribution < -0.4 is 0 Å². The molecule has 0 bridgehead atoms. The van der Waals surface area contributed by atoms with Gasteiger partial charge in [-0.05, 0) is 49.5 Å². The second kappa shape index (κ2) is 5.04. The van der Waals surface area contributed by atoms with Crippen molar-refractivity contribution in [1.29, 1.82) is 0 Å². The number of aromatic nitrogens is 2. The fourth-order valence-electron chi connectivity index (χ4n) is 3.04. The van der Waals surface area contributed by atoms with Gasteiger partial charge < -0.3 is 4.98 Å². The molecule has 1 aliphatic heterocycles. The maximum Gasteiger partial charge on any atom is 0.138 e. The fraction of sp³-hybridized carbons (Fsp3) is 0.312. The number of nitrogens with one attached hydrogen (secondary N) is 1. The minimum absolute atomic E-state index is 1.00. The normalized spacial score (nSPS) is 16.2. The average molecular weight is 283 g/mol. The summed E-state index contributed by atoms with van der Waals surface area (Å²) in [7, 11) is 0. The molecular weight excluding hydrogens is 266 g/mol. The quantitative estimate of drug-likeness (QED) is 0.791. The zero-order valence-corrected chi connectivity index (χ0v) is 12.1. The standard InChI is InChI=1S/C16H17N3S/c1-2-9-19(8-1)11-13-12-5-3-7-17-16(12)18-15(13)14-6-4-10-20-14/h3-7,10H,1-2,8-9,11H2,(H,17,18). The van der Waals surface area contributed by atoms with Gasteiger partial charge in [-0.3, -0.25) is 4.90 Å². The molecule has 0 saturated carbocycles. The Morgan fingerprint density at radius 1 is 1.20 bits per heavy atom. The van der Waals surface area contributed by atoms with Crippen molar-refractivity contribution in [2.45, 2.75) is 19.4 Å². The zero-order chi connectivity index (χ0) is 13.4. The third-order valence-electron chi connectivity index (χ3n) is 4.03. The average Bonchev–Trinajstić information content (AvgIpc) is 3.19. The van der Waals surface area contributed by atoms with Crippen molar-refractivity contribution in [3.8, 4) is 10.6 Å². The lowest BCUT2D eigenvalue weighted by Crippen LogP contribution is -2.18. The first-order valence-corrected chi connectivity index (χ1v) is 8.01. The van der Waals surface area contributed by atoms with Gasteiger partial charge in [-0.2, -0.15) is 0 Å². The molecule has 4 rings (SSSR count). The van der Waals surface area contributed by atoms with Gasteiger partial charge in [0.1, 0.15) is 5.65 Å². The first-order chi connectivity index (χ1) is 9.92. The van der Waals surface area contributed by atoms with Gasteiger partial charge >= 0.3 is 0 Å². The monoisotopic (exact) mass is 283 g/mol. The smallest absolute Gasteiger partial charge is 0.138 e. The second-order valence-electron chi connectivity index (χ2n) is 5.34. The molecule has 0 aliphatic carbocycles. The second-order valence-corrected chi connectivity index (χ2v) is 6.29. The van der Waals surface area contributed by atoms with E-state index in [1.165, 1.54) is 47.5 Å². The predicted molar refractivity (Wildman–Crippen MR) is 83.9 cm³/mol. The lowest BCUT2D eigenvalue weighted by Gasteiger charge is -2.15. The van der Waals surface area contributed by atoms with Crippen LogP contribution in [0.4, 0.5) is 0 Å². The molecule has 102 valence electrons. The molecule has 0 aromatic carbocycles. The van der Waals surface area contributed by atoms with Crippen LogP contribution in [0.25, 0.3) is 21.6 Å². The minimum Gasteiger partial charge on any atom is -0.338 e. The number of hydrogen-bond acceptors (Lipinski definition) is 3. The van der Waals surface area contributed by atoms with Gasteiger partial charge in [0.2, 0.25) is 0 Å². The molecule has 1 saturated heterocycles. The molecule has 0 spiro atoms. The Morgan fingerprint density at radius 2 is 2.10 bits per heavy atom. The number of hydrogen-bond donors (Lipinski definition) is 1. The van der Waals surface area contributed by atoms with Gasteiger partial charge in [-0.15, -0.1) is 11.3 Å².